The predicted molar refractivity (Wildman–Crippen MR) is 108 cm³/mol. The van der Waals surface area contributed by atoms with Crippen molar-refractivity contribution in [3.05, 3.63) is 59.7 Å². The normalized spacial score (nSPS) is 14.2. The molecule has 0 aromatic heterocycles. The molecule has 2 unspecified atom stereocenters. The molecule has 0 radical (unpaired) electrons. The zero-order valence-electron chi connectivity index (χ0n) is 15.2. The minimum Gasteiger partial charge on any atom is -0.748 e. The van der Waals surface area contributed by atoms with E-state index in [1.165, 1.54) is 14.2 Å². The molecule has 0 bridgehead atoms. The van der Waals surface area contributed by atoms with Gasteiger partial charge in [0.2, 0.25) is 0 Å². The Kier molecular flexibility index (Phi) is 13.0. The van der Waals surface area contributed by atoms with Crippen LogP contribution >= 0.6 is 0 Å². The zero-order chi connectivity index (χ0) is 21.2. The van der Waals surface area contributed by atoms with Crippen LogP contribution in [-0.4, -0.2) is 31.7 Å². The van der Waals surface area contributed by atoms with E-state index in [0.29, 0.717) is 22.6 Å². The summed E-state index contributed by atoms with van der Waals surface area (Å²) in [7, 11) is -4.54. The molecule has 8 nitrogen and oxygen atoms in total. The van der Waals surface area contributed by atoms with Crippen molar-refractivity contribution in [1.29, 1.82) is 0 Å². The molecule has 0 heterocycles. The molecule has 13 heteroatoms. The monoisotopic (exact) mass is 524 g/mol. The van der Waals surface area contributed by atoms with Gasteiger partial charge in [0.05, 0.1) is 45.5 Å². The van der Waals surface area contributed by atoms with Crippen LogP contribution in [0.4, 0.5) is 0 Å². The molecular formula is C16H18NiO8S4. The molecule has 0 spiro atoms. The van der Waals surface area contributed by atoms with E-state index < -0.39 is 18.1 Å². The number of rotatable bonds is 8. The smallest absolute Gasteiger partial charge is 0.748 e. The Hall–Kier alpha value is -0.886. The summed E-state index contributed by atoms with van der Waals surface area (Å²) in [5, 5.41) is 0. The van der Waals surface area contributed by atoms with Crippen molar-refractivity contribution < 1.29 is 51.9 Å². The van der Waals surface area contributed by atoms with Crippen LogP contribution in [0.1, 0.15) is 11.1 Å². The molecular weight excluding hydrogens is 507 g/mol. The summed E-state index contributed by atoms with van der Waals surface area (Å²) in [6.45, 7) is -0.133. The van der Waals surface area contributed by atoms with Crippen LogP contribution in [0.2, 0.25) is 0 Å². The van der Waals surface area contributed by atoms with Gasteiger partial charge in [-0.2, -0.15) is 0 Å². The number of methoxy groups -OCH3 is 2. The van der Waals surface area contributed by atoms with Crippen LogP contribution in [-0.2, 0) is 78.6 Å². The summed E-state index contributed by atoms with van der Waals surface area (Å²) in [6.07, 6.45) is 0. The number of ether oxygens (including phenoxy) is 2. The van der Waals surface area contributed by atoms with Gasteiger partial charge < -0.3 is 18.6 Å². The average molecular weight is 525 g/mol. The minimum absolute atomic E-state index is 0. The first kappa shape index (κ1) is 28.1. The fourth-order valence-corrected chi connectivity index (χ4v) is 2.65. The maximum atomic E-state index is 10.5. The molecule has 0 fully saturated rings. The topological polar surface area (TPSA) is 117 Å². The number of hydrogen-bond acceptors (Lipinski definition) is 10. The third-order valence-corrected chi connectivity index (χ3v) is 4.40. The third kappa shape index (κ3) is 13.9. The van der Waals surface area contributed by atoms with Gasteiger partial charge in [0.1, 0.15) is 11.5 Å². The molecule has 0 N–H and O–H groups in total. The molecule has 0 aliphatic carbocycles. The summed E-state index contributed by atoms with van der Waals surface area (Å²) < 4.78 is 60.9. The summed E-state index contributed by atoms with van der Waals surface area (Å²) in [6, 6.07) is 13.8. The largest absolute Gasteiger partial charge is 2.00 e. The van der Waals surface area contributed by atoms with Crippen molar-refractivity contribution >= 4 is 40.5 Å². The van der Waals surface area contributed by atoms with Gasteiger partial charge in [-0.15, -0.1) is 0 Å². The Morgan fingerprint density at radius 3 is 1.41 bits per heavy atom. The van der Waals surface area contributed by atoms with E-state index in [0.717, 1.165) is 0 Å². The van der Waals surface area contributed by atoms with E-state index in [1.807, 2.05) is 0 Å². The average Bonchev–Trinajstić information content (AvgIpc) is 2.64. The molecule has 0 amide bonds. The van der Waals surface area contributed by atoms with Gasteiger partial charge in [0, 0.05) is 0 Å². The Labute approximate surface area is 190 Å². The maximum absolute atomic E-state index is 10.5. The van der Waals surface area contributed by atoms with E-state index in [2.05, 4.69) is 30.7 Å². The van der Waals surface area contributed by atoms with Crippen molar-refractivity contribution in [2.24, 2.45) is 0 Å². The van der Waals surface area contributed by atoms with Gasteiger partial charge in [-0.1, -0.05) is 24.3 Å². The standard InChI is InChI=1S/2C8H10O4S2.Ni/c2*1-11-8-4-2-3-7(5-8)6-12-14(9,10)13;/h2*2-5H,6H2,1H3,(H,9,10,13);/q;;+2/p-2. The number of benzene rings is 2. The van der Waals surface area contributed by atoms with Gasteiger partial charge in [0.15, 0.2) is 0 Å². The molecule has 2 atom stereocenters. The van der Waals surface area contributed by atoms with Crippen molar-refractivity contribution in [3.63, 3.8) is 0 Å². The SMILES string of the molecule is COc1cccc(COS(=O)([O-])=S)c1.COc1cccc(COS(=O)([O-])=S)c1.[Ni+2]. The van der Waals surface area contributed by atoms with Crippen LogP contribution in [0.15, 0.2) is 48.5 Å². The molecule has 2 aromatic carbocycles. The Morgan fingerprint density at radius 2 is 1.14 bits per heavy atom. The van der Waals surface area contributed by atoms with Crippen LogP contribution in [0.3, 0.4) is 0 Å². The van der Waals surface area contributed by atoms with Crippen LogP contribution < -0.4 is 9.47 Å². The van der Waals surface area contributed by atoms with Crippen molar-refractivity contribution in [2.75, 3.05) is 14.2 Å². The Balaban J connectivity index is 0.000000523. The van der Waals surface area contributed by atoms with E-state index in [4.69, 9.17) is 9.47 Å². The van der Waals surface area contributed by atoms with Crippen molar-refractivity contribution in [1.82, 2.24) is 0 Å². The van der Waals surface area contributed by atoms with Crippen LogP contribution in [0, 0.1) is 0 Å². The summed E-state index contributed by atoms with van der Waals surface area (Å²) in [5.41, 5.74) is 1.38. The second kappa shape index (κ2) is 13.4. The van der Waals surface area contributed by atoms with Gasteiger partial charge in [-0.3, -0.25) is 8.37 Å². The maximum Gasteiger partial charge on any atom is 2.00 e. The molecule has 0 aliphatic rings. The first-order chi connectivity index (χ1) is 13.0. The molecule has 0 aliphatic heterocycles. The zero-order valence-corrected chi connectivity index (χ0v) is 19.5. The molecule has 2 aromatic rings. The van der Waals surface area contributed by atoms with Gasteiger partial charge in [0.25, 0.3) is 0 Å². The van der Waals surface area contributed by atoms with E-state index in [1.54, 1.807) is 48.5 Å². The predicted octanol–water partition coefficient (Wildman–Crippen LogP) is 2.00. The second-order valence-corrected chi connectivity index (χ2v) is 9.60. The first-order valence-electron chi connectivity index (χ1n) is 7.49. The van der Waals surface area contributed by atoms with E-state index in [-0.39, 0.29) is 29.7 Å². The summed E-state index contributed by atoms with van der Waals surface area (Å²) in [5.74, 6) is 1.29. The second-order valence-electron chi connectivity index (χ2n) is 5.04. The summed E-state index contributed by atoms with van der Waals surface area (Å²) in [4.78, 5) is 0. The van der Waals surface area contributed by atoms with E-state index in [9.17, 15) is 17.5 Å². The van der Waals surface area contributed by atoms with E-state index >= 15 is 0 Å². The first-order valence-corrected chi connectivity index (χ1v) is 12.2. The molecule has 0 saturated heterocycles. The molecule has 29 heavy (non-hydrogen) atoms. The number of hydrogen-bond donors (Lipinski definition) is 0. The van der Waals surface area contributed by atoms with Crippen LogP contribution in [0.25, 0.3) is 0 Å². The van der Waals surface area contributed by atoms with Crippen molar-refractivity contribution in [3.8, 4) is 11.5 Å². The third-order valence-electron chi connectivity index (χ3n) is 3.01. The summed E-state index contributed by atoms with van der Waals surface area (Å²) >= 11 is 8.13. The molecule has 164 valence electrons. The van der Waals surface area contributed by atoms with Gasteiger partial charge in [-0.05, 0) is 57.8 Å². The Morgan fingerprint density at radius 1 is 0.793 bits per heavy atom. The quantitative estimate of drug-likeness (QED) is 0.474. The van der Waals surface area contributed by atoms with Crippen LogP contribution in [0.5, 0.6) is 11.5 Å². The molecule has 2 rings (SSSR count). The fourth-order valence-electron chi connectivity index (χ4n) is 1.80. The Bertz CT molecular complexity index is 885. The van der Waals surface area contributed by atoms with Gasteiger partial charge >= 0.3 is 16.5 Å². The van der Waals surface area contributed by atoms with Gasteiger partial charge in [-0.25, -0.2) is 8.42 Å². The minimum atomic E-state index is -3.80. The fraction of sp³-hybridized carbons (Fsp3) is 0.250. The molecule has 0 saturated carbocycles. The van der Waals surface area contributed by atoms with Crippen molar-refractivity contribution in [2.45, 2.75) is 13.2 Å².